The van der Waals surface area contributed by atoms with Gasteiger partial charge in [0.05, 0.1) is 24.5 Å². The zero-order chi connectivity index (χ0) is 24.1. The number of aliphatic hydroxyl groups is 1. The number of nitrogens with one attached hydrogen (secondary N) is 1. The fourth-order valence-corrected chi connectivity index (χ4v) is 4.02. The number of nitrogens with two attached hydrogens (primary N) is 1. The largest absolute Gasteiger partial charge is 0.456 e. The van der Waals surface area contributed by atoms with Gasteiger partial charge in [-0.1, -0.05) is 5.92 Å². The highest BCUT2D eigenvalue weighted by molar-refractivity contribution is 7.84. The summed E-state index contributed by atoms with van der Waals surface area (Å²) in [4.78, 5) is 21.2. The molecule has 1 aliphatic carbocycles. The average molecular weight is 487 g/mol. The van der Waals surface area contributed by atoms with Crippen molar-refractivity contribution in [2.45, 2.75) is 31.5 Å². The Morgan fingerprint density at radius 1 is 1.38 bits per heavy atom. The van der Waals surface area contributed by atoms with Crippen molar-refractivity contribution in [2.75, 3.05) is 11.9 Å². The minimum atomic E-state index is -4.09. The van der Waals surface area contributed by atoms with E-state index in [0.29, 0.717) is 18.6 Å². The average Bonchev–Trinajstić information content (AvgIpc) is 3.54. The Bertz CT molecular complexity index is 1310. The second-order valence-electron chi connectivity index (χ2n) is 7.71. The molecule has 3 aromatic rings. The van der Waals surface area contributed by atoms with Crippen LogP contribution in [0, 0.1) is 17.8 Å². The number of furan rings is 1. The molecule has 4 rings (SSSR count). The number of rotatable bonds is 8. The van der Waals surface area contributed by atoms with Crippen molar-refractivity contribution >= 4 is 21.9 Å². The minimum Gasteiger partial charge on any atom is -0.456 e. The van der Waals surface area contributed by atoms with Crippen LogP contribution in [0.2, 0.25) is 0 Å². The lowest BCUT2D eigenvalue weighted by Crippen LogP contribution is -2.24. The second-order valence-corrected chi connectivity index (χ2v) is 8.93. The van der Waals surface area contributed by atoms with Gasteiger partial charge in [0.2, 0.25) is 5.78 Å². The van der Waals surface area contributed by atoms with Crippen LogP contribution in [0.15, 0.2) is 47.6 Å². The molecular formula is C21H22N6O6S. The van der Waals surface area contributed by atoms with Gasteiger partial charge < -0.3 is 14.8 Å². The molecule has 0 saturated heterocycles. The van der Waals surface area contributed by atoms with Gasteiger partial charge in [0, 0.05) is 24.4 Å². The van der Waals surface area contributed by atoms with Crippen molar-refractivity contribution in [3.63, 3.8) is 0 Å². The molecule has 13 heteroatoms. The van der Waals surface area contributed by atoms with Crippen molar-refractivity contribution in [2.24, 2.45) is 11.1 Å². The molecule has 1 aliphatic rings. The first-order valence-corrected chi connectivity index (χ1v) is 11.8. The van der Waals surface area contributed by atoms with Crippen LogP contribution in [-0.4, -0.2) is 57.8 Å². The van der Waals surface area contributed by atoms with E-state index in [1.165, 1.54) is 23.5 Å². The first kappa shape index (κ1) is 23.6. The Labute approximate surface area is 195 Å². The Morgan fingerprint density at radius 3 is 3.00 bits per heavy atom. The number of hydrogen-bond donors (Lipinski definition) is 3. The fourth-order valence-electron chi connectivity index (χ4n) is 3.65. The van der Waals surface area contributed by atoms with Crippen LogP contribution in [0.1, 0.15) is 34.7 Å². The molecule has 1 saturated carbocycles. The van der Waals surface area contributed by atoms with E-state index >= 15 is 0 Å². The van der Waals surface area contributed by atoms with E-state index in [9.17, 15) is 18.3 Å². The number of hydrogen-bond acceptors (Lipinski definition) is 10. The molecule has 1 fully saturated rings. The van der Waals surface area contributed by atoms with E-state index in [0.717, 1.165) is 0 Å². The highest BCUT2D eigenvalue weighted by atomic mass is 32.2. The molecule has 0 aliphatic heterocycles. The standard InChI is InChI=1S/C21H22N6O6S/c22-34(30,31)33-12-14-9-15(10-19(14)28)25-21-17(11-23-13-24-21)20(29)18-5-7-27(26-18)6-1-3-16-4-2-8-32-16/h2,4-5,7-8,11,13-15,19,28H,6,9-10,12H2,(H2,22,30,31)(H,23,24,25)/t14-,15?,19+/m1/s1. The third-order valence-corrected chi connectivity index (χ3v) is 5.71. The molecule has 0 radical (unpaired) electrons. The maximum Gasteiger partial charge on any atom is 0.333 e. The minimum absolute atomic E-state index is 0.198. The third kappa shape index (κ3) is 6.06. The van der Waals surface area contributed by atoms with Crippen LogP contribution in [0.5, 0.6) is 0 Å². The lowest BCUT2D eigenvalue weighted by molar-refractivity contribution is 0.101. The summed E-state index contributed by atoms with van der Waals surface area (Å²) in [6.45, 7) is 0.0420. The van der Waals surface area contributed by atoms with Gasteiger partial charge in [0.15, 0.2) is 5.76 Å². The van der Waals surface area contributed by atoms with Crippen molar-refractivity contribution in [1.82, 2.24) is 19.7 Å². The topological polar surface area (TPSA) is 175 Å². The zero-order valence-corrected chi connectivity index (χ0v) is 18.7. The number of nitrogens with zero attached hydrogens (tertiary/aromatic N) is 4. The molecular weight excluding hydrogens is 464 g/mol. The maximum atomic E-state index is 13.1. The quantitative estimate of drug-likeness (QED) is 0.297. The molecule has 0 aromatic carbocycles. The summed E-state index contributed by atoms with van der Waals surface area (Å²) in [6.07, 6.45) is 5.79. The van der Waals surface area contributed by atoms with E-state index in [1.54, 1.807) is 24.4 Å². The Kier molecular flexibility index (Phi) is 7.03. The van der Waals surface area contributed by atoms with Crippen molar-refractivity contribution in [3.05, 3.63) is 60.2 Å². The number of aromatic nitrogens is 4. The molecule has 4 N–H and O–H groups in total. The van der Waals surface area contributed by atoms with E-state index in [-0.39, 0.29) is 42.1 Å². The van der Waals surface area contributed by atoms with Crippen LogP contribution in [-0.2, 0) is 21.0 Å². The van der Waals surface area contributed by atoms with Gasteiger partial charge in [-0.3, -0.25) is 13.7 Å². The molecule has 3 heterocycles. The Hall–Kier alpha value is -3.57. The molecule has 0 amide bonds. The highest BCUT2D eigenvalue weighted by Crippen LogP contribution is 2.29. The smallest absolute Gasteiger partial charge is 0.333 e. The van der Waals surface area contributed by atoms with Gasteiger partial charge in [0.1, 0.15) is 24.4 Å². The second kappa shape index (κ2) is 10.1. The van der Waals surface area contributed by atoms with Crippen LogP contribution in [0.4, 0.5) is 5.82 Å². The monoisotopic (exact) mass is 486 g/mol. The lowest BCUT2D eigenvalue weighted by atomic mass is 10.1. The Balaban J connectivity index is 1.41. The number of ketones is 1. The van der Waals surface area contributed by atoms with Crippen molar-refractivity contribution in [1.29, 1.82) is 0 Å². The van der Waals surface area contributed by atoms with E-state index in [1.807, 2.05) is 0 Å². The van der Waals surface area contributed by atoms with Crippen LogP contribution < -0.4 is 10.5 Å². The lowest BCUT2D eigenvalue weighted by Gasteiger charge is -2.15. The van der Waals surface area contributed by atoms with Gasteiger partial charge in [0.25, 0.3) is 0 Å². The summed E-state index contributed by atoms with van der Waals surface area (Å²) in [7, 11) is -4.09. The third-order valence-electron chi connectivity index (χ3n) is 5.25. The van der Waals surface area contributed by atoms with E-state index in [4.69, 9.17) is 9.56 Å². The summed E-state index contributed by atoms with van der Waals surface area (Å²) < 4.78 is 33.3. The summed E-state index contributed by atoms with van der Waals surface area (Å²) in [5.41, 5.74) is 0.414. The number of anilines is 1. The van der Waals surface area contributed by atoms with Gasteiger partial charge in [-0.2, -0.15) is 13.5 Å². The molecule has 0 spiro atoms. The van der Waals surface area contributed by atoms with Crippen LogP contribution >= 0.6 is 0 Å². The van der Waals surface area contributed by atoms with Crippen molar-refractivity contribution < 1.29 is 26.9 Å². The number of carbonyl (C=O) groups is 1. The summed E-state index contributed by atoms with van der Waals surface area (Å²) in [6, 6.07) is 4.80. The van der Waals surface area contributed by atoms with Gasteiger partial charge in [-0.15, -0.1) is 0 Å². The van der Waals surface area contributed by atoms with Gasteiger partial charge in [-0.25, -0.2) is 15.1 Å². The number of carbonyl (C=O) groups excluding carboxylic acids is 1. The molecule has 3 aromatic heterocycles. The van der Waals surface area contributed by atoms with Crippen molar-refractivity contribution in [3.8, 4) is 11.8 Å². The summed E-state index contributed by atoms with van der Waals surface area (Å²) in [5.74, 6) is 5.78. The van der Waals surface area contributed by atoms with Crippen LogP contribution in [0.25, 0.3) is 0 Å². The molecule has 178 valence electrons. The maximum absolute atomic E-state index is 13.1. The molecule has 3 atom stereocenters. The fraction of sp³-hybridized carbons (Fsp3) is 0.333. The SMILES string of the molecule is NS(=O)(=O)OC[C@H]1CC(Nc2ncncc2C(=O)c2ccn(CC#Cc3ccco3)n2)C[C@@H]1O. The van der Waals surface area contributed by atoms with Crippen LogP contribution in [0.3, 0.4) is 0 Å². The summed E-state index contributed by atoms with van der Waals surface area (Å²) >= 11 is 0. The summed E-state index contributed by atoms with van der Waals surface area (Å²) in [5, 5.41) is 22.5. The first-order chi connectivity index (χ1) is 16.3. The molecule has 0 bridgehead atoms. The molecule has 34 heavy (non-hydrogen) atoms. The van der Waals surface area contributed by atoms with Gasteiger partial charge in [-0.05, 0) is 37.0 Å². The Morgan fingerprint density at radius 2 is 2.24 bits per heavy atom. The first-order valence-electron chi connectivity index (χ1n) is 10.3. The predicted molar refractivity (Wildman–Crippen MR) is 118 cm³/mol. The highest BCUT2D eigenvalue weighted by Gasteiger charge is 2.34. The van der Waals surface area contributed by atoms with E-state index < -0.39 is 22.3 Å². The molecule has 1 unspecified atom stereocenters. The normalized spacial score (nSPS) is 20.0. The molecule has 12 nitrogen and oxygen atoms in total. The number of aliphatic hydroxyl groups excluding tert-OH is 1. The predicted octanol–water partition coefficient (Wildman–Crippen LogP) is 0.320. The van der Waals surface area contributed by atoms with Gasteiger partial charge >= 0.3 is 10.3 Å². The van der Waals surface area contributed by atoms with E-state index in [2.05, 4.69) is 36.4 Å². The zero-order valence-electron chi connectivity index (χ0n) is 17.9.